The van der Waals surface area contributed by atoms with Gasteiger partial charge in [0.25, 0.3) is 5.91 Å². The molecule has 216 valence electrons. The molecule has 0 aliphatic carbocycles. The van der Waals surface area contributed by atoms with Crippen molar-refractivity contribution in [3.8, 4) is 5.75 Å². The number of piperidine rings is 1. The van der Waals surface area contributed by atoms with Crippen LogP contribution in [0.2, 0.25) is 0 Å². The maximum Gasteiger partial charge on any atom is 0.253 e. The van der Waals surface area contributed by atoms with Crippen molar-refractivity contribution in [3.63, 3.8) is 0 Å². The van der Waals surface area contributed by atoms with Gasteiger partial charge in [-0.3, -0.25) is 9.69 Å². The van der Waals surface area contributed by atoms with E-state index in [-0.39, 0.29) is 5.91 Å². The summed E-state index contributed by atoms with van der Waals surface area (Å²) in [5, 5.41) is 17.0. The largest absolute Gasteiger partial charge is 0.495 e. The van der Waals surface area contributed by atoms with Gasteiger partial charge in [0, 0.05) is 69.2 Å². The SMILES string of the molecule is COc1ccc(C(=O)N2CCC(N3CCN(C)CC3)CC2)cc1Nc1ncc2c(n1)N(C)c1ccccc1C(O)N2. The van der Waals surface area contributed by atoms with Crippen LogP contribution in [0.3, 0.4) is 0 Å². The molecule has 2 fully saturated rings. The number of anilines is 5. The Morgan fingerprint density at radius 3 is 2.56 bits per heavy atom. The Morgan fingerprint density at radius 1 is 1.05 bits per heavy atom. The predicted octanol–water partition coefficient (Wildman–Crippen LogP) is 3.27. The zero-order chi connectivity index (χ0) is 28.5. The Balaban J connectivity index is 1.18. The number of hydrogen-bond acceptors (Lipinski definition) is 10. The number of rotatable bonds is 5. The zero-order valence-electron chi connectivity index (χ0n) is 23.9. The number of aliphatic hydroxyl groups is 1. The van der Waals surface area contributed by atoms with Crippen LogP contribution in [0.1, 0.15) is 35.0 Å². The lowest BCUT2D eigenvalue weighted by Crippen LogP contribution is -2.52. The van der Waals surface area contributed by atoms with Gasteiger partial charge in [-0.1, -0.05) is 18.2 Å². The molecular weight excluding hydrogens is 520 g/mol. The number of nitrogens with zero attached hydrogens (tertiary/aromatic N) is 6. The Bertz CT molecular complexity index is 1400. The average Bonchev–Trinajstić information content (AvgIpc) is 3.11. The van der Waals surface area contributed by atoms with Crippen LogP contribution in [-0.4, -0.2) is 102 Å². The number of ether oxygens (including phenoxy) is 1. The van der Waals surface area contributed by atoms with Gasteiger partial charge in [-0.2, -0.15) is 4.98 Å². The van der Waals surface area contributed by atoms with Crippen molar-refractivity contribution in [2.45, 2.75) is 25.1 Å². The second-order valence-corrected chi connectivity index (χ2v) is 11.0. The third-order valence-corrected chi connectivity index (χ3v) is 8.47. The lowest BCUT2D eigenvalue weighted by molar-refractivity contribution is 0.0519. The zero-order valence-corrected chi connectivity index (χ0v) is 23.9. The molecule has 1 amide bonds. The Morgan fingerprint density at radius 2 is 1.80 bits per heavy atom. The number of para-hydroxylation sites is 1. The second kappa shape index (κ2) is 11.5. The molecule has 3 N–H and O–H groups in total. The number of nitrogens with one attached hydrogen (secondary N) is 2. The fraction of sp³-hybridized carbons (Fsp3) is 0.433. The topological polar surface area (TPSA) is 109 Å². The van der Waals surface area contributed by atoms with Gasteiger partial charge in [0.05, 0.1) is 24.7 Å². The molecule has 3 aliphatic heterocycles. The highest BCUT2D eigenvalue weighted by Crippen LogP contribution is 2.39. The number of likely N-dealkylation sites (tertiary alicyclic amines) is 1. The van der Waals surface area contributed by atoms with E-state index >= 15 is 0 Å². The molecule has 0 radical (unpaired) electrons. The number of carbonyl (C=O) groups is 1. The molecule has 2 aromatic carbocycles. The summed E-state index contributed by atoms with van der Waals surface area (Å²) in [6, 6.07) is 13.6. The van der Waals surface area contributed by atoms with Gasteiger partial charge in [0.1, 0.15) is 5.75 Å². The minimum atomic E-state index is -0.883. The highest BCUT2D eigenvalue weighted by atomic mass is 16.5. The summed E-state index contributed by atoms with van der Waals surface area (Å²) < 4.78 is 5.59. The van der Waals surface area contributed by atoms with Gasteiger partial charge >= 0.3 is 0 Å². The maximum absolute atomic E-state index is 13.5. The Hall–Kier alpha value is -3.93. The minimum absolute atomic E-state index is 0.0184. The molecule has 3 aliphatic rings. The summed E-state index contributed by atoms with van der Waals surface area (Å²) in [6.07, 6.45) is 2.76. The minimum Gasteiger partial charge on any atom is -0.495 e. The first-order chi connectivity index (χ1) is 19.9. The summed E-state index contributed by atoms with van der Waals surface area (Å²) in [5.74, 6) is 1.56. The van der Waals surface area contributed by atoms with Crippen molar-refractivity contribution < 1.29 is 14.6 Å². The Kier molecular flexibility index (Phi) is 7.65. The first-order valence-corrected chi connectivity index (χ1v) is 14.2. The molecule has 3 aromatic rings. The lowest BCUT2D eigenvalue weighted by atomic mass is 10.0. The number of benzene rings is 2. The van der Waals surface area contributed by atoms with Crippen LogP contribution >= 0.6 is 0 Å². The molecule has 1 aromatic heterocycles. The van der Waals surface area contributed by atoms with Gasteiger partial charge in [-0.25, -0.2) is 4.98 Å². The van der Waals surface area contributed by atoms with Crippen molar-refractivity contribution in [3.05, 3.63) is 59.8 Å². The smallest absolute Gasteiger partial charge is 0.253 e. The highest BCUT2D eigenvalue weighted by molar-refractivity contribution is 5.96. The van der Waals surface area contributed by atoms with Gasteiger partial charge in [-0.15, -0.1) is 0 Å². The predicted molar refractivity (Wildman–Crippen MR) is 159 cm³/mol. The van der Waals surface area contributed by atoms with Crippen molar-refractivity contribution in [1.29, 1.82) is 0 Å². The fourth-order valence-electron chi connectivity index (χ4n) is 6.02. The summed E-state index contributed by atoms with van der Waals surface area (Å²) in [6.45, 7) is 5.93. The number of hydrogen-bond donors (Lipinski definition) is 3. The number of methoxy groups -OCH3 is 1. The number of likely N-dealkylation sites (N-methyl/N-ethyl adjacent to an activating group) is 1. The van der Waals surface area contributed by atoms with Gasteiger partial charge < -0.3 is 35.2 Å². The maximum atomic E-state index is 13.5. The third-order valence-electron chi connectivity index (χ3n) is 8.47. The molecule has 0 spiro atoms. The van der Waals surface area contributed by atoms with Crippen molar-refractivity contribution in [2.24, 2.45) is 0 Å². The molecule has 0 saturated carbocycles. The van der Waals surface area contributed by atoms with Crippen LogP contribution in [0.15, 0.2) is 48.7 Å². The van der Waals surface area contributed by atoms with E-state index in [1.54, 1.807) is 19.4 Å². The standard InChI is InChI=1S/C30H38N8O3/c1-35-14-16-37(17-15-35)21-10-12-38(13-11-21)29(40)20-8-9-26(41-3)23(18-20)33-30-31-19-24-27(34-30)36(2)25-7-5-4-6-22(25)28(39)32-24/h4-9,18-19,21,28,32,39H,10-17H2,1-3H3,(H,31,33,34). The Labute approximate surface area is 240 Å². The molecule has 2 saturated heterocycles. The molecule has 0 bridgehead atoms. The van der Waals surface area contributed by atoms with E-state index in [1.165, 1.54) is 0 Å². The normalized spacial score (nSPS) is 20.0. The van der Waals surface area contributed by atoms with E-state index in [0.717, 1.165) is 63.4 Å². The van der Waals surface area contributed by atoms with E-state index in [2.05, 4.69) is 32.5 Å². The summed E-state index contributed by atoms with van der Waals surface area (Å²) in [5.41, 5.74) is 3.41. The van der Waals surface area contributed by atoms with Crippen LogP contribution in [0, 0.1) is 0 Å². The molecule has 1 unspecified atom stereocenters. The average molecular weight is 559 g/mol. The molecule has 6 rings (SSSR count). The van der Waals surface area contributed by atoms with Crippen molar-refractivity contribution >= 4 is 34.7 Å². The summed E-state index contributed by atoms with van der Waals surface area (Å²) in [7, 11) is 5.68. The van der Waals surface area contributed by atoms with Crippen LogP contribution in [0.4, 0.5) is 28.8 Å². The molecule has 11 heteroatoms. The lowest BCUT2D eigenvalue weighted by Gasteiger charge is -2.42. The second-order valence-electron chi connectivity index (χ2n) is 11.0. The molecule has 1 atom stereocenters. The van der Waals surface area contributed by atoms with E-state index in [4.69, 9.17) is 9.72 Å². The fourth-order valence-corrected chi connectivity index (χ4v) is 6.02. The molecule has 4 heterocycles. The van der Waals surface area contributed by atoms with Crippen molar-refractivity contribution in [1.82, 2.24) is 24.7 Å². The number of piperazine rings is 1. The number of aromatic nitrogens is 2. The number of aliphatic hydroxyl groups excluding tert-OH is 1. The highest BCUT2D eigenvalue weighted by Gasteiger charge is 2.29. The van der Waals surface area contributed by atoms with E-state index in [1.807, 2.05) is 53.2 Å². The van der Waals surface area contributed by atoms with Crippen LogP contribution in [-0.2, 0) is 0 Å². The van der Waals surface area contributed by atoms with Crippen LogP contribution < -0.4 is 20.3 Å². The summed E-state index contributed by atoms with van der Waals surface area (Å²) >= 11 is 0. The van der Waals surface area contributed by atoms with Crippen molar-refractivity contribution in [2.75, 3.05) is 76.0 Å². The van der Waals surface area contributed by atoms with E-state index in [9.17, 15) is 9.90 Å². The van der Waals surface area contributed by atoms with Gasteiger partial charge in [0.2, 0.25) is 5.95 Å². The first kappa shape index (κ1) is 27.3. The van der Waals surface area contributed by atoms with Crippen LogP contribution in [0.5, 0.6) is 5.75 Å². The van der Waals surface area contributed by atoms with E-state index < -0.39 is 6.23 Å². The van der Waals surface area contributed by atoms with Crippen LogP contribution in [0.25, 0.3) is 0 Å². The first-order valence-electron chi connectivity index (χ1n) is 14.2. The summed E-state index contributed by atoms with van der Waals surface area (Å²) in [4.78, 5) is 31.6. The van der Waals surface area contributed by atoms with E-state index in [0.29, 0.717) is 40.5 Å². The number of amides is 1. The monoisotopic (exact) mass is 558 g/mol. The quantitative estimate of drug-likeness (QED) is 0.432. The molecule has 41 heavy (non-hydrogen) atoms. The number of carbonyl (C=O) groups excluding carboxylic acids is 1. The van der Waals surface area contributed by atoms with Gasteiger partial charge in [0.15, 0.2) is 12.0 Å². The van der Waals surface area contributed by atoms with Gasteiger partial charge in [-0.05, 0) is 44.2 Å². The third kappa shape index (κ3) is 5.52. The molecule has 11 nitrogen and oxygen atoms in total. The molecular formula is C30H38N8O3. The number of fused-ring (bicyclic) bond motifs is 2.